The molecule has 3 aromatic carbocycles. The van der Waals surface area contributed by atoms with Crippen LogP contribution >= 0.6 is 27.5 Å². The molecule has 0 aromatic heterocycles. The van der Waals surface area contributed by atoms with Gasteiger partial charge in [0.05, 0.1) is 7.11 Å². The molecule has 0 aliphatic rings. The molecule has 0 amide bonds. The number of ketones is 1. The maximum Gasteiger partial charge on any atom is 0.185 e. The first kappa shape index (κ1) is 24.1. The van der Waals surface area contributed by atoms with Crippen LogP contribution in [-0.2, 0) is 6.61 Å². The van der Waals surface area contributed by atoms with Crippen LogP contribution in [0.1, 0.15) is 52.4 Å². The highest BCUT2D eigenvalue weighted by Crippen LogP contribution is 2.33. The average molecular weight is 514 g/mol. The lowest BCUT2D eigenvalue weighted by atomic mass is 10.0. The molecule has 0 spiro atoms. The van der Waals surface area contributed by atoms with Crippen LogP contribution in [0.5, 0.6) is 11.5 Å². The summed E-state index contributed by atoms with van der Waals surface area (Å²) in [7, 11) is 1.64. The van der Waals surface area contributed by atoms with Gasteiger partial charge in [0.25, 0.3) is 0 Å². The van der Waals surface area contributed by atoms with Gasteiger partial charge in [-0.05, 0) is 84.1 Å². The first-order valence-corrected chi connectivity index (χ1v) is 11.5. The van der Waals surface area contributed by atoms with Crippen molar-refractivity contribution in [2.75, 3.05) is 7.11 Å². The molecule has 0 saturated carbocycles. The van der Waals surface area contributed by atoms with Gasteiger partial charge < -0.3 is 9.47 Å². The molecule has 0 N–H and O–H groups in total. The van der Waals surface area contributed by atoms with E-state index in [1.165, 1.54) is 0 Å². The Kier molecular flexibility index (Phi) is 8.16. The molecule has 0 unspecified atom stereocenters. The van der Waals surface area contributed by atoms with E-state index in [1.54, 1.807) is 31.4 Å². The zero-order valence-corrected chi connectivity index (χ0v) is 21.0. The highest BCUT2D eigenvalue weighted by molar-refractivity contribution is 9.10. The van der Waals surface area contributed by atoms with Crippen LogP contribution in [0.2, 0.25) is 5.02 Å². The standard InChI is InChI=1S/C27H26BrClO3/c1-17(2)23-15-24(29)18(3)13-27(23)32-16-21-14-19(6-12-26(21)31-4)5-11-25(30)20-7-9-22(28)10-8-20/h5-15,17H,16H2,1-4H3/b11-5+. The van der Waals surface area contributed by atoms with Crippen LogP contribution in [0.3, 0.4) is 0 Å². The lowest BCUT2D eigenvalue weighted by Gasteiger charge is -2.17. The van der Waals surface area contributed by atoms with Gasteiger partial charge in [-0.2, -0.15) is 0 Å². The fourth-order valence-electron chi connectivity index (χ4n) is 3.30. The summed E-state index contributed by atoms with van der Waals surface area (Å²) in [5, 5.41) is 0.737. The number of hydrogen-bond acceptors (Lipinski definition) is 3. The molecule has 3 aromatic rings. The van der Waals surface area contributed by atoms with Gasteiger partial charge in [0.2, 0.25) is 0 Å². The second-order valence-corrected chi connectivity index (χ2v) is 9.18. The fourth-order valence-corrected chi connectivity index (χ4v) is 3.74. The van der Waals surface area contributed by atoms with E-state index in [4.69, 9.17) is 21.1 Å². The largest absolute Gasteiger partial charge is 0.496 e. The zero-order chi connectivity index (χ0) is 23.3. The minimum Gasteiger partial charge on any atom is -0.496 e. The Labute approximate surface area is 203 Å². The molecule has 0 fully saturated rings. The minimum absolute atomic E-state index is 0.0515. The van der Waals surface area contributed by atoms with Crippen molar-refractivity contribution in [2.45, 2.75) is 33.3 Å². The maximum atomic E-state index is 12.4. The zero-order valence-electron chi connectivity index (χ0n) is 18.6. The fraction of sp³-hybridized carbons (Fsp3) is 0.222. The number of methoxy groups -OCH3 is 1. The lowest BCUT2D eigenvalue weighted by Crippen LogP contribution is -2.03. The number of carbonyl (C=O) groups is 1. The Bertz CT molecular complexity index is 1130. The van der Waals surface area contributed by atoms with E-state index in [1.807, 2.05) is 49.4 Å². The van der Waals surface area contributed by atoms with E-state index in [2.05, 4.69) is 29.8 Å². The van der Waals surface area contributed by atoms with Crippen molar-refractivity contribution in [1.82, 2.24) is 0 Å². The molecular formula is C27H26BrClO3. The Balaban J connectivity index is 1.81. The molecular weight excluding hydrogens is 488 g/mol. The molecule has 5 heteroatoms. The van der Waals surface area contributed by atoms with Crippen molar-refractivity contribution in [3.05, 3.63) is 98.0 Å². The molecule has 0 aliphatic carbocycles. The number of halogens is 2. The number of benzene rings is 3. The molecule has 3 rings (SSSR count). The monoisotopic (exact) mass is 512 g/mol. The first-order chi connectivity index (χ1) is 15.3. The molecule has 32 heavy (non-hydrogen) atoms. The summed E-state index contributed by atoms with van der Waals surface area (Å²) >= 11 is 9.70. The van der Waals surface area contributed by atoms with Crippen molar-refractivity contribution < 1.29 is 14.3 Å². The number of rotatable bonds is 8. The van der Waals surface area contributed by atoms with Crippen LogP contribution in [0.4, 0.5) is 0 Å². The summed E-state index contributed by atoms with van der Waals surface area (Å²) < 4.78 is 12.6. The quantitative estimate of drug-likeness (QED) is 0.226. The summed E-state index contributed by atoms with van der Waals surface area (Å²) in [4.78, 5) is 12.4. The van der Waals surface area contributed by atoms with Gasteiger partial charge in [0.1, 0.15) is 18.1 Å². The molecule has 0 radical (unpaired) electrons. The third-order valence-electron chi connectivity index (χ3n) is 5.16. The third kappa shape index (κ3) is 6.02. The second-order valence-electron chi connectivity index (χ2n) is 7.86. The predicted molar refractivity (Wildman–Crippen MR) is 135 cm³/mol. The molecule has 3 nitrogen and oxygen atoms in total. The normalized spacial score (nSPS) is 11.2. The Morgan fingerprint density at radius 2 is 1.78 bits per heavy atom. The van der Waals surface area contributed by atoms with Gasteiger partial charge in [-0.15, -0.1) is 0 Å². The van der Waals surface area contributed by atoms with Gasteiger partial charge in [-0.3, -0.25) is 4.79 Å². The van der Waals surface area contributed by atoms with Crippen molar-refractivity contribution in [3.8, 4) is 11.5 Å². The van der Waals surface area contributed by atoms with Gasteiger partial charge in [-0.25, -0.2) is 0 Å². The smallest absolute Gasteiger partial charge is 0.185 e. The van der Waals surface area contributed by atoms with Gasteiger partial charge in [-0.1, -0.05) is 53.5 Å². The van der Waals surface area contributed by atoms with E-state index < -0.39 is 0 Å². The number of carbonyl (C=O) groups excluding carboxylic acids is 1. The highest BCUT2D eigenvalue weighted by atomic mass is 79.9. The number of allylic oxidation sites excluding steroid dienone is 1. The molecule has 0 atom stereocenters. The maximum absolute atomic E-state index is 12.4. The molecule has 0 bridgehead atoms. The van der Waals surface area contributed by atoms with Crippen LogP contribution in [0.25, 0.3) is 6.08 Å². The van der Waals surface area contributed by atoms with E-state index in [0.717, 1.165) is 43.2 Å². The van der Waals surface area contributed by atoms with E-state index in [-0.39, 0.29) is 11.7 Å². The Morgan fingerprint density at radius 1 is 1.06 bits per heavy atom. The Morgan fingerprint density at radius 3 is 2.44 bits per heavy atom. The summed E-state index contributed by atoms with van der Waals surface area (Å²) in [6, 6.07) is 17.0. The van der Waals surface area contributed by atoms with Gasteiger partial charge in [0, 0.05) is 20.6 Å². The van der Waals surface area contributed by atoms with Crippen LogP contribution in [-0.4, -0.2) is 12.9 Å². The lowest BCUT2D eigenvalue weighted by molar-refractivity contribution is 0.104. The SMILES string of the molecule is COc1ccc(/C=C/C(=O)c2ccc(Br)cc2)cc1COc1cc(C)c(Cl)cc1C(C)C. The third-order valence-corrected chi connectivity index (χ3v) is 6.09. The average Bonchev–Trinajstić information content (AvgIpc) is 2.78. The summed E-state index contributed by atoms with van der Waals surface area (Å²) in [6.45, 7) is 6.53. The van der Waals surface area contributed by atoms with Crippen molar-refractivity contribution in [1.29, 1.82) is 0 Å². The van der Waals surface area contributed by atoms with Gasteiger partial charge in [0.15, 0.2) is 5.78 Å². The topological polar surface area (TPSA) is 35.5 Å². The summed E-state index contributed by atoms with van der Waals surface area (Å²) in [6.07, 6.45) is 3.38. The van der Waals surface area contributed by atoms with Crippen LogP contribution in [0, 0.1) is 6.92 Å². The first-order valence-electron chi connectivity index (χ1n) is 10.4. The van der Waals surface area contributed by atoms with E-state index >= 15 is 0 Å². The number of aryl methyl sites for hydroxylation is 1. The second kappa shape index (κ2) is 10.8. The predicted octanol–water partition coefficient (Wildman–Crippen LogP) is 8.02. The molecule has 0 saturated heterocycles. The molecule has 166 valence electrons. The highest BCUT2D eigenvalue weighted by Gasteiger charge is 2.13. The van der Waals surface area contributed by atoms with Crippen LogP contribution < -0.4 is 9.47 Å². The van der Waals surface area contributed by atoms with E-state index in [0.29, 0.717) is 12.2 Å². The van der Waals surface area contributed by atoms with Gasteiger partial charge >= 0.3 is 0 Å². The summed E-state index contributed by atoms with van der Waals surface area (Å²) in [5.41, 5.74) is 4.47. The number of ether oxygens (including phenoxy) is 2. The minimum atomic E-state index is -0.0515. The Hall–Kier alpha value is -2.56. The van der Waals surface area contributed by atoms with E-state index in [9.17, 15) is 4.79 Å². The summed E-state index contributed by atoms with van der Waals surface area (Å²) in [5.74, 6) is 1.78. The molecule has 0 aliphatic heterocycles. The molecule has 0 heterocycles. The van der Waals surface area contributed by atoms with Crippen molar-refractivity contribution >= 4 is 39.4 Å². The van der Waals surface area contributed by atoms with Crippen molar-refractivity contribution in [3.63, 3.8) is 0 Å². The van der Waals surface area contributed by atoms with Crippen molar-refractivity contribution in [2.24, 2.45) is 0 Å². The number of hydrogen-bond donors (Lipinski definition) is 0. The van der Waals surface area contributed by atoms with Crippen LogP contribution in [0.15, 0.2) is 65.1 Å².